The average molecular weight is 566 g/mol. The van der Waals surface area contributed by atoms with Gasteiger partial charge in [0.15, 0.2) is 5.75 Å². The summed E-state index contributed by atoms with van der Waals surface area (Å²) in [6.45, 7) is 3.01. The quantitative estimate of drug-likeness (QED) is 0.201. The van der Waals surface area contributed by atoms with E-state index >= 15 is 0 Å². The summed E-state index contributed by atoms with van der Waals surface area (Å²) in [5, 5.41) is 20.4. The molecule has 1 fully saturated rings. The van der Waals surface area contributed by atoms with Crippen LogP contribution >= 0.6 is 0 Å². The van der Waals surface area contributed by atoms with Crippen molar-refractivity contribution in [2.24, 2.45) is 0 Å². The molecule has 2 amide bonds. The van der Waals surface area contributed by atoms with Crippen molar-refractivity contribution in [3.8, 4) is 16.9 Å². The van der Waals surface area contributed by atoms with Crippen molar-refractivity contribution in [2.45, 2.75) is 0 Å². The number of benzene rings is 4. The molecule has 0 aliphatic carbocycles. The first kappa shape index (κ1) is 26.8. The summed E-state index contributed by atoms with van der Waals surface area (Å²) in [6.07, 6.45) is 0. The van der Waals surface area contributed by atoms with Gasteiger partial charge in [-0.2, -0.15) is 0 Å². The number of nitrogens with zero attached hydrogens (tertiary/aromatic N) is 2. The molecule has 4 aromatic rings. The molecule has 0 saturated carbocycles. The Morgan fingerprint density at radius 3 is 2.38 bits per heavy atom. The average Bonchev–Trinajstić information content (AvgIpc) is 3.15. The predicted molar refractivity (Wildman–Crippen MR) is 160 cm³/mol. The number of carbonyl (C=O) groups excluding carboxylic acids is 2. The number of morpholine rings is 1. The fraction of sp³-hybridized carbons (Fsp3) is 0.161. The molecule has 1 saturated heterocycles. The third kappa shape index (κ3) is 5.32. The van der Waals surface area contributed by atoms with Crippen LogP contribution in [-0.2, 0) is 4.74 Å². The molecule has 4 aromatic carbocycles. The van der Waals surface area contributed by atoms with Crippen molar-refractivity contribution in [1.82, 2.24) is 0 Å². The largest absolute Gasteiger partial charge is 0.490 e. The van der Waals surface area contributed by atoms with Gasteiger partial charge in [0, 0.05) is 36.1 Å². The maximum Gasteiger partial charge on any atom is 0.310 e. The van der Waals surface area contributed by atoms with Crippen LogP contribution in [0.25, 0.3) is 11.1 Å². The van der Waals surface area contributed by atoms with Crippen molar-refractivity contribution < 1.29 is 24.0 Å². The lowest BCUT2D eigenvalue weighted by Crippen LogP contribution is -2.36. The Hall–Kier alpha value is -5.42. The number of nitro groups is 1. The molecule has 0 unspecified atom stereocenters. The zero-order chi connectivity index (χ0) is 29.2. The highest BCUT2D eigenvalue weighted by molar-refractivity contribution is 6.13. The lowest BCUT2D eigenvalue weighted by Gasteiger charge is -2.28. The lowest BCUT2D eigenvalue weighted by atomic mass is 10.0. The molecule has 0 spiro atoms. The summed E-state index contributed by atoms with van der Waals surface area (Å²) in [7, 11) is 1.38. The molecule has 42 heavy (non-hydrogen) atoms. The zero-order valence-corrected chi connectivity index (χ0v) is 22.7. The predicted octanol–water partition coefficient (Wildman–Crippen LogP) is 5.67. The molecular weight excluding hydrogens is 538 g/mol. The number of hydrogen-bond donors (Lipinski definition) is 3. The van der Waals surface area contributed by atoms with Crippen molar-refractivity contribution in [1.29, 1.82) is 0 Å². The van der Waals surface area contributed by atoms with Gasteiger partial charge in [-0.05, 0) is 77.9 Å². The smallest absolute Gasteiger partial charge is 0.310 e. The highest BCUT2D eigenvalue weighted by atomic mass is 16.6. The van der Waals surface area contributed by atoms with Gasteiger partial charge < -0.3 is 30.3 Å². The van der Waals surface area contributed by atoms with E-state index in [0.29, 0.717) is 52.7 Å². The SMILES string of the molecule is COc1cc(-c2ccc3c(c2)Nc2ccc(NC(=O)c4ccc(N5CCOCC5)cc4)cc2NC3=O)ccc1[N+](=O)[O-]. The Labute approximate surface area is 241 Å². The monoisotopic (exact) mass is 565 g/mol. The number of carbonyl (C=O) groups is 2. The lowest BCUT2D eigenvalue weighted by molar-refractivity contribution is -0.385. The minimum atomic E-state index is -0.499. The van der Waals surface area contributed by atoms with Gasteiger partial charge in [-0.25, -0.2) is 0 Å². The Bertz CT molecular complexity index is 1700. The number of nitrogens with one attached hydrogen (secondary N) is 3. The molecule has 0 atom stereocenters. The molecule has 0 radical (unpaired) electrons. The van der Waals surface area contributed by atoms with Crippen LogP contribution in [-0.4, -0.2) is 50.2 Å². The van der Waals surface area contributed by atoms with Crippen molar-refractivity contribution >= 4 is 45.9 Å². The van der Waals surface area contributed by atoms with E-state index < -0.39 is 4.92 Å². The maximum absolute atomic E-state index is 13.1. The van der Waals surface area contributed by atoms with Crippen LogP contribution in [0.3, 0.4) is 0 Å². The third-order valence-electron chi connectivity index (χ3n) is 7.27. The van der Waals surface area contributed by atoms with Crippen molar-refractivity contribution in [3.05, 3.63) is 100 Å². The Kier molecular flexibility index (Phi) is 7.16. The van der Waals surface area contributed by atoms with Gasteiger partial charge in [-0.3, -0.25) is 19.7 Å². The topological polar surface area (TPSA) is 135 Å². The second kappa shape index (κ2) is 11.2. The van der Waals surface area contributed by atoms with Gasteiger partial charge in [0.25, 0.3) is 11.8 Å². The molecule has 3 N–H and O–H groups in total. The van der Waals surface area contributed by atoms with E-state index in [9.17, 15) is 19.7 Å². The molecule has 0 aromatic heterocycles. The first-order valence-electron chi connectivity index (χ1n) is 13.3. The number of rotatable bonds is 6. The van der Waals surface area contributed by atoms with E-state index in [1.165, 1.54) is 13.2 Å². The molecule has 11 nitrogen and oxygen atoms in total. The first-order chi connectivity index (χ1) is 20.4. The minimum absolute atomic E-state index is 0.129. The third-order valence-corrected chi connectivity index (χ3v) is 7.27. The van der Waals surface area contributed by atoms with Crippen molar-refractivity contribution in [3.63, 3.8) is 0 Å². The molecule has 0 bridgehead atoms. The van der Waals surface area contributed by atoms with E-state index in [1.807, 2.05) is 12.1 Å². The van der Waals surface area contributed by atoms with Crippen molar-refractivity contribution in [2.75, 3.05) is 54.3 Å². The Balaban J connectivity index is 1.20. The van der Waals surface area contributed by atoms with Gasteiger partial charge in [0.05, 0.1) is 47.9 Å². The van der Waals surface area contributed by atoms with E-state index in [-0.39, 0.29) is 23.3 Å². The van der Waals surface area contributed by atoms with E-state index in [1.54, 1.807) is 60.7 Å². The number of nitro benzene ring substituents is 1. The fourth-order valence-electron chi connectivity index (χ4n) is 5.05. The molecule has 2 aliphatic heterocycles. The molecule has 212 valence electrons. The van der Waals surface area contributed by atoms with E-state index in [2.05, 4.69) is 20.9 Å². The van der Waals surface area contributed by atoms with Gasteiger partial charge in [-0.1, -0.05) is 6.07 Å². The summed E-state index contributed by atoms with van der Waals surface area (Å²) in [6, 6.07) is 22.6. The summed E-state index contributed by atoms with van der Waals surface area (Å²) >= 11 is 0. The van der Waals surface area contributed by atoms with Crippen LogP contribution in [0.2, 0.25) is 0 Å². The van der Waals surface area contributed by atoms with Crippen LogP contribution in [0.15, 0.2) is 78.9 Å². The molecular formula is C31H27N5O6. The molecule has 2 heterocycles. The number of amides is 2. The Morgan fingerprint density at radius 2 is 1.64 bits per heavy atom. The second-order valence-corrected chi connectivity index (χ2v) is 9.84. The number of fused-ring (bicyclic) bond motifs is 2. The van der Waals surface area contributed by atoms with Crippen LogP contribution < -0.4 is 25.6 Å². The summed E-state index contributed by atoms with van der Waals surface area (Å²) in [4.78, 5) is 39.1. The van der Waals surface area contributed by atoms with E-state index in [0.717, 1.165) is 24.3 Å². The number of hydrogen-bond acceptors (Lipinski definition) is 8. The second-order valence-electron chi connectivity index (χ2n) is 9.84. The van der Waals surface area contributed by atoms with Gasteiger partial charge in [0.2, 0.25) is 0 Å². The number of methoxy groups -OCH3 is 1. The Morgan fingerprint density at radius 1 is 0.905 bits per heavy atom. The van der Waals surface area contributed by atoms with Gasteiger partial charge >= 0.3 is 5.69 Å². The zero-order valence-electron chi connectivity index (χ0n) is 22.7. The molecule has 11 heteroatoms. The number of ether oxygens (including phenoxy) is 2. The number of anilines is 5. The van der Waals surface area contributed by atoms with Crippen LogP contribution in [0.1, 0.15) is 20.7 Å². The van der Waals surface area contributed by atoms with Gasteiger partial charge in [0.1, 0.15) is 0 Å². The van der Waals surface area contributed by atoms with Crippen LogP contribution in [0, 0.1) is 10.1 Å². The molecule has 2 aliphatic rings. The van der Waals surface area contributed by atoms with Gasteiger partial charge in [-0.15, -0.1) is 0 Å². The fourth-order valence-corrected chi connectivity index (χ4v) is 5.05. The summed E-state index contributed by atoms with van der Waals surface area (Å²) < 4.78 is 10.6. The molecule has 6 rings (SSSR count). The summed E-state index contributed by atoms with van der Waals surface area (Å²) in [5.74, 6) is -0.430. The van der Waals surface area contributed by atoms with Crippen LogP contribution in [0.4, 0.5) is 34.1 Å². The normalized spacial score (nSPS) is 14.0. The highest BCUT2D eigenvalue weighted by Gasteiger charge is 2.22. The summed E-state index contributed by atoms with van der Waals surface area (Å²) in [5.41, 5.74) is 5.56. The highest BCUT2D eigenvalue weighted by Crippen LogP contribution is 2.38. The minimum Gasteiger partial charge on any atom is -0.490 e. The maximum atomic E-state index is 13.1. The standard InChI is InChI=1S/C31H27N5O6/c1-41-29-17-21(5-11-28(29)36(39)40)20-4-9-24-26(16-20)33-25-10-6-22(18-27(25)34-31(24)38)32-30(37)19-2-7-23(8-3-19)35-12-14-42-15-13-35/h2-11,16-18,33H,12-15H2,1H3,(H,32,37)(H,34,38). The first-order valence-corrected chi connectivity index (χ1v) is 13.3. The van der Waals surface area contributed by atoms with Crippen LogP contribution in [0.5, 0.6) is 5.75 Å². The van der Waals surface area contributed by atoms with E-state index in [4.69, 9.17) is 9.47 Å².